The van der Waals surface area contributed by atoms with Crippen LogP contribution in [0.25, 0.3) is 0 Å². The van der Waals surface area contributed by atoms with Crippen LogP contribution >= 0.6 is 0 Å². The fourth-order valence-electron chi connectivity index (χ4n) is 4.84. The molecule has 0 radical (unpaired) electrons. The highest BCUT2D eigenvalue weighted by atomic mass is 19.1. The average Bonchev–Trinajstić information content (AvgIpc) is 3.16. The van der Waals surface area contributed by atoms with Crippen LogP contribution in [0.5, 0.6) is 5.75 Å². The maximum Gasteiger partial charge on any atom is 0.329 e. The molecule has 5 rings (SSSR count). The number of nitrogens with one attached hydrogen (secondary N) is 1. The maximum absolute atomic E-state index is 14.5. The summed E-state index contributed by atoms with van der Waals surface area (Å²) in [5.74, 6) is -0.895. The van der Waals surface area contributed by atoms with Crippen LogP contribution in [0.1, 0.15) is 17.5 Å². The molecule has 3 aliphatic rings. The predicted octanol–water partition coefficient (Wildman–Crippen LogP) is 1.34. The van der Waals surface area contributed by atoms with Gasteiger partial charge in [0.05, 0.1) is 17.9 Å². The first-order valence-electron chi connectivity index (χ1n) is 11.2. The van der Waals surface area contributed by atoms with Gasteiger partial charge in [0.25, 0.3) is 11.8 Å². The van der Waals surface area contributed by atoms with E-state index in [0.29, 0.717) is 47.8 Å². The Morgan fingerprint density at radius 1 is 1.12 bits per heavy atom. The first-order chi connectivity index (χ1) is 16.3. The zero-order valence-corrected chi connectivity index (χ0v) is 18.8. The predicted molar refractivity (Wildman–Crippen MR) is 123 cm³/mol. The van der Waals surface area contributed by atoms with Crippen molar-refractivity contribution in [3.8, 4) is 5.75 Å². The van der Waals surface area contributed by atoms with Crippen LogP contribution < -0.4 is 25.6 Å². The molecule has 0 aliphatic carbocycles. The van der Waals surface area contributed by atoms with Crippen molar-refractivity contribution in [2.75, 3.05) is 49.6 Å². The number of nitrogens with zero attached hydrogens (tertiary/aromatic N) is 3. The number of hydrogen-bond acceptors (Lipinski definition) is 6. The molecule has 2 saturated heterocycles. The molecule has 34 heavy (non-hydrogen) atoms. The normalized spacial score (nSPS) is 22.9. The maximum atomic E-state index is 14.5. The molecule has 10 heteroatoms. The number of hydrogen-bond donors (Lipinski definition) is 2. The third kappa shape index (κ3) is 3.63. The lowest BCUT2D eigenvalue weighted by atomic mass is 9.83. The second-order valence-electron chi connectivity index (χ2n) is 8.93. The van der Waals surface area contributed by atoms with Crippen molar-refractivity contribution >= 4 is 29.2 Å². The van der Waals surface area contributed by atoms with Crippen molar-refractivity contribution in [1.82, 2.24) is 10.2 Å². The van der Waals surface area contributed by atoms with Crippen LogP contribution in [0, 0.1) is 5.82 Å². The van der Waals surface area contributed by atoms with Crippen molar-refractivity contribution in [2.24, 2.45) is 5.73 Å². The standard InChI is InChI=1S/C24H26FN5O4/c1-28-8-10-29(11-9-28)19-13-17(25)12-15-6-7-24(22(26)32,34-21(15)19)16-2-4-18(5-3-16)30-20(31)14-27-23(30)33/h2-5,12-13H,6-11,14H2,1H3,(H2,26,32)(H,27,33). The number of ether oxygens (including phenoxy) is 1. The van der Waals surface area contributed by atoms with Gasteiger partial charge in [-0.25, -0.2) is 14.1 Å². The number of nitrogens with two attached hydrogens (primary N) is 1. The van der Waals surface area contributed by atoms with E-state index in [0.717, 1.165) is 18.0 Å². The second-order valence-corrected chi connectivity index (χ2v) is 8.93. The first kappa shape index (κ1) is 22.1. The molecule has 0 saturated carbocycles. The van der Waals surface area contributed by atoms with Gasteiger partial charge in [-0.1, -0.05) is 12.1 Å². The highest BCUT2D eigenvalue weighted by molar-refractivity contribution is 6.19. The van der Waals surface area contributed by atoms with E-state index in [4.69, 9.17) is 10.5 Å². The van der Waals surface area contributed by atoms with Gasteiger partial charge >= 0.3 is 6.03 Å². The van der Waals surface area contributed by atoms with E-state index < -0.39 is 17.5 Å². The number of carbonyl (C=O) groups excluding carboxylic acids is 3. The number of piperazine rings is 1. The number of urea groups is 1. The summed E-state index contributed by atoms with van der Waals surface area (Å²) in [6.07, 6.45) is 0.648. The van der Waals surface area contributed by atoms with Gasteiger partial charge < -0.3 is 25.6 Å². The Morgan fingerprint density at radius 2 is 1.82 bits per heavy atom. The van der Waals surface area contributed by atoms with E-state index in [1.807, 2.05) is 7.05 Å². The van der Waals surface area contributed by atoms with E-state index in [-0.39, 0.29) is 24.7 Å². The molecule has 1 unspecified atom stereocenters. The topological polar surface area (TPSA) is 108 Å². The molecule has 0 aromatic heterocycles. The van der Waals surface area contributed by atoms with E-state index in [1.54, 1.807) is 24.3 Å². The number of carbonyl (C=O) groups is 3. The monoisotopic (exact) mass is 467 g/mol. The van der Waals surface area contributed by atoms with E-state index in [1.165, 1.54) is 12.1 Å². The average molecular weight is 468 g/mol. The van der Waals surface area contributed by atoms with Crippen LogP contribution in [-0.4, -0.2) is 62.5 Å². The summed E-state index contributed by atoms with van der Waals surface area (Å²) in [4.78, 5) is 42.1. The summed E-state index contributed by atoms with van der Waals surface area (Å²) in [5.41, 5.74) is 6.64. The molecule has 178 valence electrons. The van der Waals surface area contributed by atoms with Crippen molar-refractivity contribution in [3.05, 3.63) is 53.3 Å². The molecule has 2 aromatic rings. The summed E-state index contributed by atoms with van der Waals surface area (Å²) in [7, 11) is 2.04. The Morgan fingerprint density at radius 3 is 2.44 bits per heavy atom. The molecule has 3 N–H and O–H groups in total. The lowest BCUT2D eigenvalue weighted by Crippen LogP contribution is -2.49. The fraction of sp³-hybridized carbons (Fsp3) is 0.375. The number of fused-ring (bicyclic) bond motifs is 1. The third-order valence-electron chi connectivity index (χ3n) is 6.81. The zero-order chi connectivity index (χ0) is 24.0. The highest BCUT2D eigenvalue weighted by Crippen LogP contribution is 2.45. The molecule has 0 bridgehead atoms. The number of amides is 4. The van der Waals surface area contributed by atoms with Gasteiger partial charge in [-0.05, 0) is 37.2 Å². The summed E-state index contributed by atoms with van der Waals surface area (Å²) in [6.45, 7) is 3.02. The number of anilines is 2. The van der Waals surface area contributed by atoms with Gasteiger partial charge in [-0.15, -0.1) is 0 Å². The van der Waals surface area contributed by atoms with Crippen molar-refractivity contribution in [2.45, 2.75) is 18.4 Å². The molecule has 0 spiro atoms. The number of likely N-dealkylation sites (N-methyl/N-ethyl adjacent to an activating group) is 1. The van der Waals surface area contributed by atoms with Crippen molar-refractivity contribution in [3.63, 3.8) is 0 Å². The number of imide groups is 1. The smallest absolute Gasteiger partial charge is 0.329 e. The minimum atomic E-state index is -1.46. The van der Waals surface area contributed by atoms with Crippen LogP contribution in [0.4, 0.5) is 20.6 Å². The third-order valence-corrected chi connectivity index (χ3v) is 6.81. The molecule has 1 atom stereocenters. The largest absolute Gasteiger partial charge is 0.470 e. The van der Waals surface area contributed by atoms with E-state index in [9.17, 15) is 18.8 Å². The highest BCUT2D eigenvalue weighted by Gasteiger charge is 2.45. The van der Waals surface area contributed by atoms with Gasteiger partial charge in [0, 0.05) is 44.2 Å². The number of benzene rings is 2. The molecule has 3 aliphatic heterocycles. The Bertz CT molecular complexity index is 1150. The van der Waals surface area contributed by atoms with E-state index >= 15 is 0 Å². The van der Waals surface area contributed by atoms with Crippen LogP contribution in [0.15, 0.2) is 36.4 Å². The van der Waals surface area contributed by atoms with Gasteiger partial charge in [-0.2, -0.15) is 0 Å². The van der Waals surface area contributed by atoms with Gasteiger partial charge in [0.15, 0.2) is 0 Å². The van der Waals surface area contributed by atoms with Crippen LogP contribution in [-0.2, 0) is 21.6 Å². The lowest BCUT2D eigenvalue weighted by Gasteiger charge is -2.40. The quantitative estimate of drug-likeness (QED) is 0.657. The van der Waals surface area contributed by atoms with Gasteiger partial charge in [0.2, 0.25) is 5.60 Å². The fourth-order valence-corrected chi connectivity index (χ4v) is 4.84. The van der Waals surface area contributed by atoms with Crippen LogP contribution in [0.3, 0.4) is 0 Å². The Balaban J connectivity index is 1.51. The summed E-state index contributed by atoms with van der Waals surface area (Å²) in [6, 6.07) is 8.86. The summed E-state index contributed by atoms with van der Waals surface area (Å²) in [5, 5.41) is 2.48. The molecular weight excluding hydrogens is 441 g/mol. The van der Waals surface area contributed by atoms with Crippen molar-refractivity contribution < 1.29 is 23.5 Å². The minimum absolute atomic E-state index is 0.0582. The number of aryl methyl sites for hydroxylation is 1. The molecule has 2 fully saturated rings. The van der Waals surface area contributed by atoms with E-state index in [2.05, 4.69) is 15.1 Å². The Labute approximate surface area is 196 Å². The number of rotatable bonds is 4. The Hall–Kier alpha value is -3.66. The summed E-state index contributed by atoms with van der Waals surface area (Å²) >= 11 is 0. The van der Waals surface area contributed by atoms with Crippen LogP contribution in [0.2, 0.25) is 0 Å². The SMILES string of the molecule is CN1CCN(c2cc(F)cc3c2OC(C(N)=O)(c2ccc(N4C(=O)CNC4=O)cc2)CC3)CC1. The minimum Gasteiger partial charge on any atom is -0.470 e. The second kappa shape index (κ2) is 8.28. The molecule has 2 aromatic carbocycles. The first-order valence-corrected chi connectivity index (χ1v) is 11.2. The number of primary amides is 1. The molecule has 3 heterocycles. The van der Waals surface area contributed by atoms with Gasteiger partial charge in [-0.3, -0.25) is 9.59 Å². The molecule has 9 nitrogen and oxygen atoms in total. The lowest BCUT2D eigenvalue weighted by molar-refractivity contribution is -0.136. The molecular formula is C24H26FN5O4. The van der Waals surface area contributed by atoms with Crippen molar-refractivity contribution in [1.29, 1.82) is 0 Å². The number of halogens is 1. The molecule has 4 amide bonds. The Kier molecular flexibility index (Phi) is 5.40. The van der Waals surface area contributed by atoms with Gasteiger partial charge in [0.1, 0.15) is 11.6 Å². The zero-order valence-electron chi connectivity index (χ0n) is 18.8. The summed E-state index contributed by atoms with van der Waals surface area (Å²) < 4.78 is 20.9.